The first kappa shape index (κ1) is 23.8. The summed E-state index contributed by atoms with van der Waals surface area (Å²) in [6.07, 6.45) is 11.8. The van der Waals surface area contributed by atoms with Crippen LogP contribution >= 0.6 is 0 Å². The Hall–Kier alpha value is -1.42. The van der Waals surface area contributed by atoms with Crippen molar-refractivity contribution in [3.8, 4) is 6.07 Å². The van der Waals surface area contributed by atoms with Gasteiger partial charge in [-0.1, -0.05) is 0 Å². The first-order chi connectivity index (χ1) is 11.3. The molecule has 0 aromatic rings. The first-order valence-corrected chi connectivity index (χ1v) is 8.25. The Morgan fingerprint density at radius 2 is 2.00 bits per heavy atom. The topological polar surface area (TPSA) is 103 Å². The van der Waals surface area contributed by atoms with Crippen LogP contribution in [0, 0.1) is 11.3 Å². The van der Waals surface area contributed by atoms with Gasteiger partial charge in [0.2, 0.25) is 0 Å². The molecular weight excluding hydrogens is 296 g/mol. The Labute approximate surface area is 140 Å². The van der Waals surface area contributed by atoms with Crippen LogP contribution in [0.5, 0.6) is 0 Å². The Balaban J connectivity index is 0. The standard InChI is InChI=1S/C7H14N2O.C5H10O2.C5H8O/c1-9-7(6-8)4-2-3-5-10;6-4-2-1-3-5-7;1-2-4-6-5-3-1/h7,9-10H,2-5H2,1H3;4,7H,1-3,5H2;2,4H,1,3,5H2. The quantitative estimate of drug-likeness (QED) is 0.441. The van der Waals surface area contributed by atoms with Gasteiger partial charge in [-0.3, -0.25) is 0 Å². The van der Waals surface area contributed by atoms with Crippen LogP contribution in [-0.4, -0.2) is 49.4 Å². The van der Waals surface area contributed by atoms with Crippen molar-refractivity contribution in [3.63, 3.8) is 0 Å². The number of rotatable bonds is 9. The molecular formula is C17H32N2O4. The average molecular weight is 328 g/mol. The normalized spacial score (nSPS) is 13.3. The van der Waals surface area contributed by atoms with Crippen molar-refractivity contribution >= 4 is 6.29 Å². The zero-order chi connectivity index (χ0) is 17.6. The molecule has 0 aromatic carbocycles. The Morgan fingerprint density at radius 1 is 1.30 bits per heavy atom. The number of carbonyl (C=O) groups is 1. The van der Waals surface area contributed by atoms with Gasteiger partial charge in [0.15, 0.2) is 0 Å². The maximum atomic E-state index is 9.60. The van der Waals surface area contributed by atoms with Crippen molar-refractivity contribution in [1.82, 2.24) is 5.32 Å². The number of aliphatic hydroxyl groups excluding tert-OH is 2. The summed E-state index contributed by atoms with van der Waals surface area (Å²) in [5, 5.41) is 27.9. The highest BCUT2D eigenvalue weighted by Gasteiger charge is 2.01. The van der Waals surface area contributed by atoms with Crippen molar-refractivity contribution in [2.24, 2.45) is 0 Å². The molecule has 23 heavy (non-hydrogen) atoms. The van der Waals surface area contributed by atoms with E-state index in [1.54, 1.807) is 13.3 Å². The van der Waals surface area contributed by atoms with Crippen LogP contribution in [-0.2, 0) is 9.53 Å². The lowest BCUT2D eigenvalue weighted by Crippen LogP contribution is -2.22. The van der Waals surface area contributed by atoms with Crippen LogP contribution in [0.3, 0.4) is 0 Å². The number of hydrogen-bond donors (Lipinski definition) is 3. The molecule has 1 aliphatic heterocycles. The molecule has 0 spiro atoms. The fraction of sp³-hybridized carbons (Fsp3) is 0.765. The third-order valence-electron chi connectivity index (χ3n) is 2.96. The predicted molar refractivity (Wildman–Crippen MR) is 90.7 cm³/mol. The minimum Gasteiger partial charge on any atom is -0.502 e. The number of aliphatic hydroxyl groups is 2. The molecule has 0 amide bonds. The molecule has 1 unspecified atom stereocenters. The molecule has 6 nitrogen and oxygen atoms in total. The van der Waals surface area contributed by atoms with Crippen LogP contribution in [0.25, 0.3) is 0 Å². The van der Waals surface area contributed by atoms with Gasteiger partial charge in [0.05, 0.1) is 25.0 Å². The zero-order valence-corrected chi connectivity index (χ0v) is 14.2. The minimum absolute atomic E-state index is 0.0495. The summed E-state index contributed by atoms with van der Waals surface area (Å²) in [7, 11) is 1.77. The largest absolute Gasteiger partial charge is 0.502 e. The van der Waals surface area contributed by atoms with E-state index in [-0.39, 0.29) is 19.3 Å². The second kappa shape index (κ2) is 22.9. The van der Waals surface area contributed by atoms with Gasteiger partial charge in [-0.05, 0) is 58.1 Å². The van der Waals surface area contributed by atoms with Gasteiger partial charge >= 0.3 is 0 Å². The minimum atomic E-state index is -0.0495. The highest BCUT2D eigenvalue weighted by Crippen LogP contribution is 1.98. The molecule has 3 N–H and O–H groups in total. The maximum absolute atomic E-state index is 9.60. The van der Waals surface area contributed by atoms with Crippen LogP contribution < -0.4 is 5.32 Å². The predicted octanol–water partition coefficient (Wildman–Crippen LogP) is 1.92. The number of carbonyl (C=O) groups excluding carboxylic acids is 1. The number of unbranched alkanes of at least 4 members (excludes halogenated alkanes) is 3. The van der Waals surface area contributed by atoms with Gasteiger partial charge in [0.1, 0.15) is 6.29 Å². The summed E-state index contributed by atoms with van der Waals surface area (Å²) in [4.78, 5) is 9.60. The van der Waals surface area contributed by atoms with E-state index < -0.39 is 0 Å². The molecule has 0 fully saturated rings. The lowest BCUT2D eigenvalue weighted by Gasteiger charge is -2.04. The molecule has 0 radical (unpaired) electrons. The van der Waals surface area contributed by atoms with Crippen LogP contribution in [0.1, 0.15) is 51.4 Å². The summed E-state index contributed by atoms with van der Waals surface area (Å²) in [6, 6.07) is 2.07. The van der Waals surface area contributed by atoms with E-state index in [4.69, 9.17) is 20.2 Å². The molecule has 6 heteroatoms. The molecule has 134 valence electrons. The fourth-order valence-electron chi connectivity index (χ4n) is 1.56. The SMILES string of the molecule is C1=COCCC1.CNC(C#N)CCCCO.O=CCCCCO. The van der Waals surface area contributed by atoms with Crippen molar-refractivity contribution in [2.75, 3.05) is 26.9 Å². The second-order valence-corrected chi connectivity index (χ2v) is 4.96. The summed E-state index contributed by atoms with van der Waals surface area (Å²) >= 11 is 0. The number of hydrogen-bond acceptors (Lipinski definition) is 6. The maximum Gasteiger partial charge on any atom is 0.119 e. The van der Waals surface area contributed by atoms with Gasteiger partial charge < -0.3 is 25.1 Å². The Bertz CT molecular complexity index is 295. The van der Waals surface area contributed by atoms with Gasteiger partial charge in [-0.25, -0.2) is 0 Å². The van der Waals surface area contributed by atoms with E-state index in [0.717, 1.165) is 45.0 Å². The number of aldehydes is 1. The summed E-state index contributed by atoms with van der Waals surface area (Å²) in [6.45, 7) is 1.34. The van der Waals surface area contributed by atoms with E-state index in [1.165, 1.54) is 12.8 Å². The highest BCUT2D eigenvalue weighted by atomic mass is 16.5. The van der Waals surface area contributed by atoms with Crippen LogP contribution in [0.2, 0.25) is 0 Å². The number of nitriles is 1. The van der Waals surface area contributed by atoms with E-state index >= 15 is 0 Å². The molecule has 0 aromatic heterocycles. The number of nitrogens with one attached hydrogen (secondary N) is 1. The molecule has 1 atom stereocenters. The van der Waals surface area contributed by atoms with Gasteiger partial charge in [0.25, 0.3) is 0 Å². The number of nitrogens with zero attached hydrogens (tertiary/aromatic N) is 1. The fourth-order valence-corrected chi connectivity index (χ4v) is 1.56. The molecule has 1 aliphatic rings. The van der Waals surface area contributed by atoms with E-state index in [2.05, 4.69) is 11.4 Å². The molecule has 1 rings (SSSR count). The number of allylic oxidation sites excluding steroid dienone is 1. The summed E-state index contributed by atoms with van der Waals surface area (Å²) < 4.78 is 4.89. The average Bonchev–Trinajstić information content (AvgIpc) is 2.62. The molecule has 0 saturated heterocycles. The van der Waals surface area contributed by atoms with Crippen LogP contribution in [0.15, 0.2) is 12.3 Å². The molecule has 0 bridgehead atoms. The molecule has 1 heterocycles. The zero-order valence-electron chi connectivity index (χ0n) is 14.2. The smallest absolute Gasteiger partial charge is 0.119 e. The number of ether oxygens (including phenoxy) is 1. The van der Waals surface area contributed by atoms with Crippen molar-refractivity contribution in [3.05, 3.63) is 12.3 Å². The van der Waals surface area contributed by atoms with Gasteiger partial charge in [-0.2, -0.15) is 5.26 Å². The third kappa shape index (κ3) is 23.0. The van der Waals surface area contributed by atoms with E-state index in [9.17, 15) is 4.79 Å². The van der Waals surface area contributed by atoms with Crippen molar-refractivity contribution in [1.29, 1.82) is 5.26 Å². The monoisotopic (exact) mass is 328 g/mol. The third-order valence-corrected chi connectivity index (χ3v) is 2.96. The van der Waals surface area contributed by atoms with Gasteiger partial charge in [0, 0.05) is 19.6 Å². The Kier molecular flexibility index (Phi) is 23.7. The van der Waals surface area contributed by atoms with Gasteiger partial charge in [-0.15, -0.1) is 0 Å². The summed E-state index contributed by atoms with van der Waals surface area (Å²) in [5.74, 6) is 0. The van der Waals surface area contributed by atoms with E-state index in [1.807, 2.05) is 6.08 Å². The lowest BCUT2D eigenvalue weighted by atomic mass is 10.1. The highest BCUT2D eigenvalue weighted by molar-refractivity contribution is 5.48. The lowest BCUT2D eigenvalue weighted by molar-refractivity contribution is -0.107. The molecule has 0 saturated carbocycles. The van der Waals surface area contributed by atoms with Crippen LogP contribution in [0.4, 0.5) is 0 Å². The first-order valence-electron chi connectivity index (χ1n) is 8.25. The molecule has 0 aliphatic carbocycles. The Morgan fingerprint density at radius 3 is 2.35 bits per heavy atom. The van der Waals surface area contributed by atoms with E-state index in [0.29, 0.717) is 6.42 Å². The van der Waals surface area contributed by atoms with Crippen molar-refractivity contribution in [2.45, 2.75) is 57.4 Å². The van der Waals surface area contributed by atoms with Crippen molar-refractivity contribution < 1.29 is 19.7 Å². The summed E-state index contributed by atoms with van der Waals surface area (Å²) in [5.41, 5.74) is 0. The second-order valence-electron chi connectivity index (χ2n) is 4.96.